The highest BCUT2D eigenvalue weighted by Gasteiger charge is 2.28. The van der Waals surface area contributed by atoms with Gasteiger partial charge in [-0.05, 0) is 33.4 Å². The van der Waals surface area contributed by atoms with Gasteiger partial charge in [-0.25, -0.2) is 8.42 Å². The summed E-state index contributed by atoms with van der Waals surface area (Å²) in [4.78, 5) is 0.267. The Morgan fingerprint density at radius 3 is 2.67 bits per heavy atom. The third kappa shape index (κ3) is 4.06. The summed E-state index contributed by atoms with van der Waals surface area (Å²) in [5, 5.41) is 7.58. The number of nitrogens with one attached hydrogen (secondary N) is 1. The maximum atomic E-state index is 12.5. The zero-order valence-electron chi connectivity index (χ0n) is 13.2. The van der Waals surface area contributed by atoms with E-state index in [1.54, 1.807) is 18.5 Å². The maximum Gasteiger partial charge on any atom is 0.247 e. The number of hydrogen-bond acceptors (Lipinski definition) is 4. The summed E-state index contributed by atoms with van der Waals surface area (Å²) >= 11 is 0. The molecule has 0 aliphatic carbocycles. The summed E-state index contributed by atoms with van der Waals surface area (Å²) in [7, 11) is -2.10. The monoisotopic (exact) mass is 312 g/mol. The van der Waals surface area contributed by atoms with Crippen molar-refractivity contribution < 1.29 is 8.42 Å². The van der Waals surface area contributed by atoms with Crippen molar-refractivity contribution in [3.63, 3.8) is 0 Å². The molecule has 0 saturated carbocycles. The molecule has 0 aliphatic heterocycles. The van der Waals surface area contributed by atoms with Gasteiger partial charge >= 0.3 is 0 Å². The van der Waals surface area contributed by atoms with Crippen LogP contribution in [0, 0.1) is 26.2 Å². The van der Waals surface area contributed by atoms with Crippen molar-refractivity contribution >= 4 is 10.0 Å². The van der Waals surface area contributed by atoms with Crippen LogP contribution in [0.2, 0.25) is 0 Å². The van der Waals surface area contributed by atoms with E-state index in [9.17, 15) is 8.42 Å². The number of sulfonamides is 1. The molecule has 0 unspecified atom stereocenters. The SMILES string of the molecule is C#CCN(C)S(=O)(=O)c1c(C)nn(CCCNCC)c1C. The van der Waals surface area contributed by atoms with Gasteiger partial charge in [-0.2, -0.15) is 9.40 Å². The molecule has 1 aromatic rings. The fourth-order valence-corrected chi connectivity index (χ4v) is 3.62. The smallest absolute Gasteiger partial charge is 0.247 e. The van der Waals surface area contributed by atoms with Crippen LogP contribution >= 0.6 is 0 Å². The van der Waals surface area contributed by atoms with E-state index in [2.05, 4.69) is 23.3 Å². The summed E-state index contributed by atoms with van der Waals surface area (Å²) in [5.74, 6) is 2.35. The standard InChI is InChI=1S/C14H24N4O2S/c1-6-10-17(5)21(19,20)14-12(3)16-18(13(14)4)11-8-9-15-7-2/h1,15H,7-11H2,2-5H3. The highest BCUT2D eigenvalue weighted by Crippen LogP contribution is 2.22. The molecule has 0 aromatic carbocycles. The zero-order valence-corrected chi connectivity index (χ0v) is 14.0. The van der Waals surface area contributed by atoms with Gasteiger partial charge in [0.2, 0.25) is 10.0 Å². The second-order valence-corrected chi connectivity index (χ2v) is 6.88. The predicted molar refractivity (Wildman–Crippen MR) is 83.5 cm³/mol. The summed E-state index contributed by atoms with van der Waals surface area (Å²) < 4.78 is 28.0. The van der Waals surface area contributed by atoms with Crippen molar-refractivity contribution in [2.75, 3.05) is 26.7 Å². The van der Waals surface area contributed by atoms with Gasteiger partial charge in [0, 0.05) is 13.6 Å². The molecule has 21 heavy (non-hydrogen) atoms. The van der Waals surface area contributed by atoms with E-state index in [1.165, 1.54) is 11.4 Å². The topological polar surface area (TPSA) is 67.2 Å². The van der Waals surface area contributed by atoms with Crippen LogP contribution in [0.3, 0.4) is 0 Å². The van der Waals surface area contributed by atoms with Crippen molar-refractivity contribution in [3.05, 3.63) is 11.4 Å². The van der Waals surface area contributed by atoms with Crippen LogP contribution in [-0.2, 0) is 16.6 Å². The second-order valence-electron chi connectivity index (χ2n) is 4.90. The van der Waals surface area contributed by atoms with Crippen molar-refractivity contribution in [1.29, 1.82) is 0 Å². The van der Waals surface area contributed by atoms with Gasteiger partial charge in [-0.15, -0.1) is 6.42 Å². The quantitative estimate of drug-likeness (QED) is 0.568. The normalized spacial score (nSPS) is 11.8. The number of terminal acetylenes is 1. The Morgan fingerprint density at radius 2 is 2.10 bits per heavy atom. The number of aryl methyl sites for hydroxylation is 2. The number of nitrogens with zero attached hydrogens (tertiary/aromatic N) is 3. The van der Waals surface area contributed by atoms with Gasteiger partial charge in [-0.1, -0.05) is 12.8 Å². The third-order valence-corrected chi connectivity index (χ3v) is 5.33. The van der Waals surface area contributed by atoms with E-state index in [4.69, 9.17) is 6.42 Å². The molecule has 0 radical (unpaired) electrons. The summed E-state index contributed by atoms with van der Waals surface area (Å²) in [6.45, 7) is 8.09. The van der Waals surface area contributed by atoms with Crippen LogP contribution in [0.15, 0.2) is 4.90 Å². The minimum absolute atomic E-state index is 0.0484. The van der Waals surface area contributed by atoms with Crippen LogP contribution in [0.5, 0.6) is 0 Å². The van der Waals surface area contributed by atoms with Gasteiger partial charge in [0.1, 0.15) is 4.90 Å². The van der Waals surface area contributed by atoms with Crippen molar-refractivity contribution in [2.45, 2.75) is 38.6 Å². The van der Waals surface area contributed by atoms with E-state index < -0.39 is 10.0 Å². The third-order valence-electron chi connectivity index (χ3n) is 3.27. The molecule has 1 aromatic heterocycles. The van der Waals surface area contributed by atoms with E-state index in [1.807, 2.05) is 0 Å². The Hall–Kier alpha value is -1.36. The number of hydrogen-bond donors (Lipinski definition) is 1. The van der Waals surface area contributed by atoms with Gasteiger partial charge in [0.15, 0.2) is 0 Å². The summed E-state index contributed by atoms with van der Waals surface area (Å²) in [5.41, 5.74) is 1.17. The second kappa shape index (κ2) is 7.59. The van der Waals surface area contributed by atoms with Crippen LogP contribution in [-0.4, -0.2) is 49.2 Å². The lowest BCUT2D eigenvalue weighted by atomic mass is 10.4. The fourth-order valence-electron chi connectivity index (χ4n) is 2.17. The van der Waals surface area contributed by atoms with E-state index in [-0.39, 0.29) is 11.4 Å². The van der Waals surface area contributed by atoms with Crippen LogP contribution in [0.25, 0.3) is 0 Å². The Balaban J connectivity index is 3.00. The van der Waals surface area contributed by atoms with Crippen molar-refractivity contribution in [2.24, 2.45) is 0 Å². The van der Waals surface area contributed by atoms with Gasteiger partial charge < -0.3 is 5.32 Å². The Morgan fingerprint density at radius 1 is 1.43 bits per heavy atom. The molecule has 1 heterocycles. The summed E-state index contributed by atoms with van der Waals surface area (Å²) in [6, 6.07) is 0. The molecule has 0 aliphatic rings. The van der Waals surface area contributed by atoms with Gasteiger partial charge in [0.05, 0.1) is 17.9 Å². The largest absolute Gasteiger partial charge is 0.317 e. The Labute approximate surface area is 127 Å². The first-order chi connectivity index (χ1) is 9.86. The number of rotatable bonds is 8. The minimum Gasteiger partial charge on any atom is -0.317 e. The molecule has 0 saturated heterocycles. The average Bonchev–Trinajstić information content (AvgIpc) is 2.70. The Kier molecular flexibility index (Phi) is 6.40. The van der Waals surface area contributed by atoms with Crippen LogP contribution in [0.4, 0.5) is 0 Å². The first-order valence-electron chi connectivity index (χ1n) is 7.00. The molecule has 1 rings (SSSR count). The lowest BCUT2D eigenvalue weighted by molar-refractivity contribution is 0.500. The molecule has 0 spiro atoms. The van der Waals surface area contributed by atoms with Gasteiger partial charge in [-0.3, -0.25) is 4.68 Å². The lowest BCUT2D eigenvalue weighted by Gasteiger charge is -2.14. The zero-order chi connectivity index (χ0) is 16.0. The predicted octanol–water partition coefficient (Wildman–Crippen LogP) is 0.753. The van der Waals surface area contributed by atoms with E-state index in [0.29, 0.717) is 17.9 Å². The fraction of sp³-hybridized carbons (Fsp3) is 0.643. The number of aromatic nitrogens is 2. The van der Waals surface area contributed by atoms with E-state index in [0.717, 1.165) is 19.5 Å². The lowest BCUT2D eigenvalue weighted by Crippen LogP contribution is -2.28. The Bertz CT molecular complexity index is 614. The van der Waals surface area contributed by atoms with E-state index >= 15 is 0 Å². The molecule has 6 nitrogen and oxygen atoms in total. The van der Waals surface area contributed by atoms with Crippen molar-refractivity contribution in [1.82, 2.24) is 19.4 Å². The van der Waals surface area contributed by atoms with Crippen LogP contribution in [0.1, 0.15) is 24.7 Å². The molecule has 7 heteroatoms. The molecule has 0 bridgehead atoms. The summed E-state index contributed by atoms with van der Waals surface area (Å²) in [6.07, 6.45) is 6.09. The highest BCUT2D eigenvalue weighted by atomic mass is 32.2. The molecule has 0 amide bonds. The minimum atomic E-state index is -3.59. The molecule has 0 fully saturated rings. The van der Waals surface area contributed by atoms with Crippen molar-refractivity contribution in [3.8, 4) is 12.3 Å². The molecular weight excluding hydrogens is 288 g/mol. The molecule has 1 N–H and O–H groups in total. The molecule has 0 atom stereocenters. The van der Waals surface area contributed by atoms with Gasteiger partial charge in [0.25, 0.3) is 0 Å². The first kappa shape index (κ1) is 17.7. The van der Waals surface area contributed by atoms with Crippen LogP contribution < -0.4 is 5.32 Å². The first-order valence-corrected chi connectivity index (χ1v) is 8.44. The molecular formula is C14H24N4O2S. The average molecular weight is 312 g/mol. The maximum absolute atomic E-state index is 12.5. The molecule has 118 valence electrons. The highest BCUT2D eigenvalue weighted by molar-refractivity contribution is 7.89.